The highest BCUT2D eigenvalue weighted by molar-refractivity contribution is 5.48. The fourth-order valence-electron chi connectivity index (χ4n) is 3.23. The van der Waals surface area contributed by atoms with Crippen molar-refractivity contribution in [3.63, 3.8) is 0 Å². The summed E-state index contributed by atoms with van der Waals surface area (Å²) < 4.78 is 0. The molecule has 5 nitrogen and oxygen atoms in total. The maximum atomic E-state index is 4.47. The van der Waals surface area contributed by atoms with E-state index in [0.717, 1.165) is 49.8 Å². The molecule has 1 N–H and O–H groups in total. The molecule has 0 atom stereocenters. The molecule has 0 unspecified atom stereocenters. The number of anilines is 1. The van der Waals surface area contributed by atoms with Crippen LogP contribution in [0.15, 0.2) is 18.2 Å². The van der Waals surface area contributed by atoms with Gasteiger partial charge in [-0.3, -0.25) is 15.0 Å². The average Bonchev–Trinajstić information content (AvgIpc) is 2.96. The molecule has 1 aliphatic rings. The lowest BCUT2D eigenvalue weighted by atomic mass is 9.92. The lowest BCUT2D eigenvalue weighted by Crippen LogP contribution is -2.46. The van der Waals surface area contributed by atoms with Gasteiger partial charge in [0.1, 0.15) is 0 Å². The van der Waals surface area contributed by atoms with E-state index in [1.54, 1.807) is 0 Å². The molecule has 0 bridgehead atoms. The van der Waals surface area contributed by atoms with Gasteiger partial charge >= 0.3 is 0 Å². The first kappa shape index (κ1) is 17.0. The van der Waals surface area contributed by atoms with Crippen molar-refractivity contribution in [1.82, 2.24) is 20.1 Å². The van der Waals surface area contributed by atoms with Gasteiger partial charge in [-0.2, -0.15) is 5.10 Å². The molecule has 130 valence electrons. The minimum atomic E-state index is 0.102. The molecule has 1 saturated heterocycles. The fourth-order valence-corrected chi connectivity index (χ4v) is 3.23. The van der Waals surface area contributed by atoms with Gasteiger partial charge in [-0.1, -0.05) is 20.8 Å². The van der Waals surface area contributed by atoms with E-state index in [1.807, 2.05) is 0 Å². The molecule has 1 fully saturated rings. The zero-order valence-corrected chi connectivity index (χ0v) is 15.6. The maximum Gasteiger partial charge on any atom is 0.0678 e. The van der Waals surface area contributed by atoms with Gasteiger partial charge in [-0.15, -0.1) is 0 Å². The number of hydrogen-bond acceptors (Lipinski definition) is 4. The van der Waals surface area contributed by atoms with Crippen molar-refractivity contribution in [3.05, 3.63) is 41.0 Å². The maximum absolute atomic E-state index is 4.47. The van der Waals surface area contributed by atoms with E-state index in [2.05, 4.69) is 77.8 Å². The predicted molar refractivity (Wildman–Crippen MR) is 98.5 cm³/mol. The van der Waals surface area contributed by atoms with Crippen LogP contribution in [0, 0.1) is 13.8 Å². The molecule has 0 radical (unpaired) electrons. The summed E-state index contributed by atoms with van der Waals surface area (Å²) >= 11 is 0. The van der Waals surface area contributed by atoms with E-state index < -0.39 is 0 Å². The summed E-state index contributed by atoms with van der Waals surface area (Å²) in [5.41, 5.74) is 5.95. The molecular weight excluding hydrogens is 298 g/mol. The van der Waals surface area contributed by atoms with Gasteiger partial charge in [-0.05, 0) is 32.0 Å². The first-order chi connectivity index (χ1) is 11.3. The third-order valence-electron chi connectivity index (χ3n) is 4.60. The van der Waals surface area contributed by atoms with E-state index in [4.69, 9.17) is 0 Å². The van der Waals surface area contributed by atoms with Gasteiger partial charge < -0.3 is 4.90 Å². The van der Waals surface area contributed by atoms with Gasteiger partial charge in [-0.25, -0.2) is 0 Å². The smallest absolute Gasteiger partial charge is 0.0678 e. The van der Waals surface area contributed by atoms with Crippen molar-refractivity contribution in [2.24, 2.45) is 0 Å². The van der Waals surface area contributed by atoms with Gasteiger partial charge in [0.15, 0.2) is 0 Å². The molecule has 0 spiro atoms. The number of pyridine rings is 1. The number of aromatic nitrogens is 3. The Morgan fingerprint density at radius 1 is 1.00 bits per heavy atom. The Morgan fingerprint density at radius 3 is 2.17 bits per heavy atom. The molecule has 0 aliphatic carbocycles. The molecular formula is C19H29N5. The van der Waals surface area contributed by atoms with E-state index >= 15 is 0 Å². The summed E-state index contributed by atoms with van der Waals surface area (Å²) in [5.74, 6) is 0. The van der Waals surface area contributed by atoms with Crippen molar-refractivity contribution in [3.8, 4) is 0 Å². The van der Waals surface area contributed by atoms with E-state index in [1.165, 1.54) is 11.4 Å². The molecule has 2 aromatic rings. The Bertz CT molecular complexity index is 670. The lowest BCUT2D eigenvalue weighted by molar-refractivity contribution is 0.247. The minimum absolute atomic E-state index is 0.102. The van der Waals surface area contributed by atoms with Gasteiger partial charge in [0.05, 0.1) is 5.69 Å². The molecule has 1 aliphatic heterocycles. The number of H-pyrrole nitrogens is 1. The zero-order valence-electron chi connectivity index (χ0n) is 15.6. The molecule has 2 aromatic heterocycles. The molecule has 3 rings (SSSR count). The predicted octanol–water partition coefficient (Wildman–Crippen LogP) is 3.04. The van der Waals surface area contributed by atoms with Gasteiger partial charge in [0, 0.05) is 60.9 Å². The van der Waals surface area contributed by atoms with Crippen LogP contribution in [0.5, 0.6) is 0 Å². The first-order valence-electron chi connectivity index (χ1n) is 8.78. The van der Waals surface area contributed by atoms with Crippen molar-refractivity contribution >= 4 is 5.69 Å². The SMILES string of the molecule is Cc1cc(N2CCN(Cc3cc(C(C)(C)C)n[nH]3)CC2)cc(C)n1. The number of aryl methyl sites for hydroxylation is 2. The third-order valence-corrected chi connectivity index (χ3v) is 4.60. The summed E-state index contributed by atoms with van der Waals surface area (Å²) in [4.78, 5) is 9.44. The molecule has 24 heavy (non-hydrogen) atoms. The fraction of sp³-hybridized carbons (Fsp3) is 0.579. The van der Waals surface area contributed by atoms with Crippen molar-refractivity contribution in [2.45, 2.75) is 46.6 Å². The van der Waals surface area contributed by atoms with Crippen molar-refractivity contribution in [1.29, 1.82) is 0 Å². The Labute approximate surface area is 145 Å². The summed E-state index contributed by atoms with van der Waals surface area (Å²) in [6.07, 6.45) is 0. The van der Waals surface area contributed by atoms with E-state index in [9.17, 15) is 0 Å². The van der Waals surface area contributed by atoms with Crippen LogP contribution in [0.25, 0.3) is 0 Å². The molecule has 3 heterocycles. The number of rotatable bonds is 3. The summed E-state index contributed by atoms with van der Waals surface area (Å²) in [5, 5.41) is 7.67. The van der Waals surface area contributed by atoms with E-state index in [0.29, 0.717) is 0 Å². The quantitative estimate of drug-likeness (QED) is 0.941. The Kier molecular flexibility index (Phi) is 4.63. The number of nitrogens with zero attached hydrogens (tertiary/aromatic N) is 4. The second kappa shape index (κ2) is 6.55. The minimum Gasteiger partial charge on any atom is -0.369 e. The molecule has 0 aromatic carbocycles. The second-order valence-electron chi connectivity index (χ2n) is 7.90. The third kappa shape index (κ3) is 3.96. The topological polar surface area (TPSA) is 48.0 Å². The Hall–Kier alpha value is -1.88. The Morgan fingerprint density at radius 2 is 1.62 bits per heavy atom. The highest BCUT2D eigenvalue weighted by Crippen LogP contribution is 2.22. The molecule has 0 amide bonds. The van der Waals surface area contributed by atoms with Crippen LogP contribution in [0.3, 0.4) is 0 Å². The van der Waals surface area contributed by atoms with Crippen LogP contribution in [0.4, 0.5) is 5.69 Å². The number of hydrogen-bond donors (Lipinski definition) is 1. The zero-order chi connectivity index (χ0) is 17.3. The standard InChI is InChI=1S/C19H29N5/c1-14-10-17(11-15(2)20-14)24-8-6-23(7-9-24)13-16-12-18(22-21-16)19(3,4)5/h10-12H,6-9,13H2,1-5H3,(H,21,22). The van der Waals surface area contributed by atoms with Crippen LogP contribution < -0.4 is 4.90 Å². The number of nitrogens with one attached hydrogen (secondary N) is 1. The summed E-state index contributed by atoms with van der Waals surface area (Å²) in [6, 6.07) is 6.59. The first-order valence-corrected chi connectivity index (χ1v) is 8.78. The monoisotopic (exact) mass is 327 g/mol. The lowest BCUT2D eigenvalue weighted by Gasteiger charge is -2.36. The highest BCUT2D eigenvalue weighted by atomic mass is 15.3. The largest absolute Gasteiger partial charge is 0.369 e. The van der Waals surface area contributed by atoms with Crippen molar-refractivity contribution < 1.29 is 0 Å². The average molecular weight is 327 g/mol. The summed E-state index contributed by atoms with van der Waals surface area (Å²) in [6.45, 7) is 15.9. The number of aromatic amines is 1. The van der Waals surface area contributed by atoms with Gasteiger partial charge in [0.2, 0.25) is 0 Å². The molecule has 5 heteroatoms. The summed E-state index contributed by atoms with van der Waals surface area (Å²) in [7, 11) is 0. The molecule has 0 saturated carbocycles. The second-order valence-corrected chi connectivity index (χ2v) is 7.90. The van der Waals surface area contributed by atoms with E-state index in [-0.39, 0.29) is 5.41 Å². The van der Waals surface area contributed by atoms with Crippen LogP contribution in [-0.2, 0) is 12.0 Å². The normalized spacial score (nSPS) is 16.6. The van der Waals surface area contributed by atoms with Gasteiger partial charge in [0.25, 0.3) is 0 Å². The Balaban J connectivity index is 1.58. The van der Waals surface area contributed by atoms with Crippen LogP contribution in [0.2, 0.25) is 0 Å². The van der Waals surface area contributed by atoms with Crippen molar-refractivity contribution in [2.75, 3.05) is 31.1 Å². The number of piperazine rings is 1. The van der Waals surface area contributed by atoms with Crippen LogP contribution >= 0.6 is 0 Å². The van der Waals surface area contributed by atoms with Crippen LogP contribution in [0.1, 0.15) is 43.5 Å². The van der Waals surface area contributed by atoms with Crippen LogP contribution in [-0.4, -0.2) is 46.3 Å². The highest BCUT2D eigenvalue weighted by Gasteiger charge is 2.21.